The van der Waals surface area contributed by atoms with Gasteiger partial charge in [0, 0.05) is 29.4 Å². The van der Waals surface area contributed by atoms with Crippen LogP contribution in [0.5, 0.6) is 5.75 Å². The monoisotopic (exact) mass is 414 g/mol. The molecule has 0 saturated heterocycles. The van der Waals surface area contributed by atoms with Crippen LogP contribution < -0.4 is 10.1 Å². The summed E-state index contributed by atoms with van der Waals surface area (Å²) in [5.41, 5.74) is 0.395. The molecule has 1 N–H and O–H groups in total. The zero-order chi connectivity index (χ0) is 21.1. The normalized spacial score (nSPS) is 14.6. The van der Waals surface area contributed by atoms with Gasteiger partial charge in [-0.05, 0) is 25.8 Å². The lowest BCUT2D eigenvalue weighted by molar-refractivity contribution is 0.146. The van der Waals surface area contributed by atoms with Gasteiger partial charge in [-0.3, -0.25) is 4.98 Å². The number of ether oxygens (including phenoxy) is 1. The van der Waals surface area contributed by atoms with E-state index in [2.05, 4.69) is 20.3 Å². The average Bonchev–Trinajstić information content (AvgIpc) is 3.59. The molecule has 0 radical (unpaired) electrons. The van der Waals surface area contributed by atoms with Crippen LogP contribution in [0.15, 0.2) is 48.9 Å². The number of alkyl halides is 2. The third-order valence-electron chi connectivity index (χ3n) is 4.95. The quantitative estimate of drug-likeness (QED) is 0.522. The summed E-state index contributed by atoms with van der Waals surface area (Å²) in [6.07, 6.45) is 4.13. The summed E-state index contributed by atoms with van der Waals surface area (Å²) in [5.74, 6) is 0.903. The first-order chi connectivity index (χ1) is 14.5. The molecule has 3 aromatic rings. The zero-order valence-corrected chi connectivity index (χ0v) is 16.4. The molecular formula is C22H21F3N4O. The van der Waals surface area contributed by atoms with Crippen LogP contribution >= 0.6 is 0 Å². The van der Waals surface area contributed by atoms with Gasteiger partial charge in [-0.2, -0.15) is 0 Å². The molecule has 0 unspecified atom stereocenters. The summed E-state index contributed by atoms with van der Waals surface area (Å²) in [4.78, 5) is 13.0. The number of halogens is 3. The fourth-order valence-electron chi connectivity index (χ4n) is 3.13. The van der Waals surface area contributed by atoms with Gasteiger partial charge < -0.3 is 10.1 Å². The lowest BCUT2D eigenvalue weighted by Gasteiger charge is -2.19. The number of nitrogens with zero attached hydrogens (tertiary/aromatic N) is 3. The smallest absolute Gasteiger partial charge is 0.266 e. The van der Waals surface area contributed by atoms with Crippen molar-refractivity contribution >= 4 is 5.82 Å². The molecule has 1 aliphatic carbocycles. The van der Waals surface area contributed by atoms with Crippen molar-refractivity contribution in [2.75, 3.05) is 5.32 Å². The first-order valence-electron chi connectivity index (χ1n) is 9.74. The Balaban J connectivity index is 1.58. The predicted molar refractivity (Wildman–Crippen MR) is 106 cm³/mol. The van der Waals surface area contributed by atoms with Crippen molar-refractivity contribution in [2.45, 2.75) is 44.8 Å². The largest absolute Gasteiger partial charge is 0.483 e. The van der Waals surface area contributed by atoms with Gasteiger partial charge >= 0.3 is 0 Å². The van der Waals surface area contributed by atoms with Gasteiger partial charge in [0.1, 0.15) is 18.2 Å². The van der Waals surface area contributed by atoms with Crippen molar-refractivity contribution in [2.24, 2.45) is 0 Å². The van der Waals surface area contributed by atoms with E-state index < -0.39 is 23.8 Å². The Morgan fingerprint density at radius 1 is 1.13 bits per heavy atom. The Labute approximate surface area is 172 Å². The molecule has 5 nitrogen and oxygen atoms in total. The molecule has 1 aliphatic rings. The van der Waals surface area contributed by atoms with Crippen molar-refractivity contribution in [1.29, 1.82) is 0 Å². The van der Waals surface area contributed by atoms with E-state index in [0.717, 1.165) is 24.5 Å². The van der Waals surface area contributed by atoms with Gasteiger partial charge in [0.05, 0.1) is 17.8 Å². The summed E-state index contributed by atoms with van der Waals surface area (Å²) in [6.45, 7) is 1.95. The maximum absolute atomic E-state index is 14.6. The van der Waals surface area contributed by atoms with Gasteiger partial charge in [0.2, 0.25) is 0 Å². The molecule has 30 heavy (non-hydrogen) atoms. The first kappa shape index (κ1) is 20.1. The third kappa shape index (κ3) is 4.53. The maximum atomic E-state index is 14.6. The molecule has 0 aliphatic heterocycles. The van der Waals surface area contributed by atoms with Crippen LogP contribution in [0.25, 0.3) is 0 Å². The van der Waals surface area contributed by atoms with Gasteiger partial charge in [0.15, 0.2) is 11.6 Å². The number of benzene rings is 1. The fraction of sp³-hybridized carbons (Fsp3) is 0.318. The number of hydrogen-bond acceptors (Lipinski definition) is 5. The van der Waals surface area contributed by atoms with Crippen molar-refractivity contribution in [3.63, 3.8) is 0 Å². The molecule has 4 rings (SSSR count). The summed E-state index contributed by atoms with van der Waals surface area (Å²) in [7, 11) is 0. The van der Waals surface area contributed by atoms with Crippen molar-refractivity contribution in [3.8, 4) is 5.75 Å². The van der Waals surface area contributed by atoms with Gasteiger partial charge in [-0.15, -0.1) is 0 Å². The van der Waals surface area contributed by atoms with Crippen LogP contribution in [0.1, 0.15) is 60.7 Å². The maximum Gasteiger partial charge on any atom is 0.266 e. The minimum atomic E-state index is -2.88. The van der Waals surface area contributed by atoms with E-state index in [4.69, 9.17) is 4.74 Å². The molecule has 2 heterocycles. The molecule has 1 fully saturated rings. The molecule has 156 valence electrons. The highest BCUT2D eigenvalue weighted by atomic mass is 19.3. The van der Waals surface area contributed by atoms with Gasteiger partial charge in [0.25, 0.3) is 6.43 Å². The molecule has 2 aromatic heterocycles. The number of nitrogens with one attached hydrogen (secondary N) is 1. The Bertz CT molecular complexity index is 1010. The van der Waals surface area contributed by atoms with Crippen molar-refractivity contribution < 1.29 is 17.9 Å². The number of rotatable bonds is 8. The second-order valence-corrected chi connectivity index (χ2v) is 7.28. The van der Waals surface area contributed by atoms with E-state index >= 15 is 0 Å². The molecule has 1 atom stereocenters. The van der Waals surface area contributed by atoms with E-state index in [1.165, 1.54) is 12.1 Å². The fourth-order valence-corrected chi connectivity index (χ4v) is 3.13. The first-order valence-corrected chi connectivity index (χ1v) is 9.74. The van der Waals surface area contributed by atoms with E-state index in [1.54, 1.807) is 25.5 Å². The molecule has 8 heteroatoms. The predicted octanol–water partition coefficient (Wildman–Crippen LogP) is 5.58. The van der Waals surface area contributed by atoms with Crippen LogP contribution in [0, 0.1) is 5.82 Å². The van der Waals surface area contributed by atoms with Gasteiger partial charge in [-0.25, -0.2) is 23.1 Å². The zero-order valence-electron chi connectivity index (χ0n) is 16.4. The number of aromatic nitrogens is 3. The van der Waals surface area contributed by atoms with E-state index in [9.17, 15) is 13.2 Å². The molecule has 0 amide bonds. The standard InChI is InChI=1S/C22H21F3N4O/c1-13(16-5-2-6-17(19(16)23)20(24)25)28-22-18(11-27-21(29-22)15-7-8-15)30-12-14-4-3-9-26-10-14/h2-6,9-11,13,15,20H,7-8,12H2,1H3,(H,27,28,29)/t13-/m1/s1. The average molecular weight is 414 g/mol. The molecule has 1 saturated carbocycles. The highest BCUT2D eigenvalue weighted by Crippen LogP contribution is 2.40. The van der Waals surface area contributed by atoms with E-state index in [-0.39, 0.29) is 12.2 Å². The Morgan fingerprint density at radius 2 is 1.93 bits per heavy atom. The minimum absolute atomic E-state index is 0.137. The minimum Gasteiger partial charge on any atom is -0.483 e. The van der Waals surface area contributed by atoms with Crippen LogP contribution in [-0.2, 0) is 6.61 Å². The van der Waals surface area contributed by atoms with Gasteiger partial charge in [-0.1, -0.05) is 24.3 Å². The van der Waals surface area contributed by atoms with E-state index in [0.29, 0.717) is 23.3 Å². The van der Waals surface area contributed by atoms with Crippen LogP contribution in [0.2, 0.25) is 0 Å². The topological polar surface area (TPSA) is 59.9 Å². The lowest BCUT2D eigenvalue weighted by atomic mass is 10.0. The number of pyridine rings is 1. The van der Waals surface area contributed by atoms with Crippen LogP contribution in [-0.4, -0.2) is 15.0 Å². The highest BCUT2D eigenvalue weighted by Gasteiger charge is 2.28. The SMILES string of the molecule is C[C@@H](Nc1nc(C2CC2)ncc1OCc1cccnc1)c1cccc(C(F)F)c1F. The Kier molecular flexibility index (Phi) is 5.83. The summed E-state index contributed by atoms with van der Waals surface area (Å²) in [6, 6.07) is 7.09. The van der Waals surface area contributed by atoms with Crippen LogP contribution in [0.3, 0.4) is 0 Å². The highest BCUT2D eigenvalue weighted by molar-refractivity contribution is 5.51. The molecule has 0 spiro atoms. The van der Waals surface area contributed by atoms with Crippen molar-refractivity contribution in [3.05, 3.63) is 77.3 Å². The molecule has 0 bridgehead atoms. The second kappa shape index (κ2) is 8.69. The number of anilines is 1. The molecule has 1 aromatic carbocycles. The second-order valence-electron chi connectivity index (χ2n) is 7.28. The summed E-state index contributed by atoms with van der Waals surface area (Å²) < 4.78 is 46.6. The Morgan fingerprint density at radius 3 is 2.63 bits per heavy atom. The lowest BCUT2D eigenvalue weighted by Crippen LogP contribution is -2.13. The third-order valence-corrected chi connectivity index (χ3v) is 4.95. The molecular weight excluding hydrogens is 393 g/mol. The summed E-state index contributed by atoms with van der Waals surface area (Å²) in [5, 5.41) is 3.12. The number of hydrogen-bond donors (Lipinski definition) is 1. The van der Waals surface area contributed by atoms with Crippen molar-refractivity contribution in [1.82, 2.24) is 15.0 Å². The van der Waals surface area contributed by atoms with Crippen LogP contribution in [0.4, 0.5) is 19.0 Å². The van der Waals surface area contributed by atoms with E-state index in [1.807, 2.05) is 12.1 Å². The summed E-state index contributed by atoms with van der Waals surface area (Å²) >= 11 is 0. The Hall–Kier alpha value is -3.16.